The zero-order valence-corrected chi connectivity index (χ0v) is 27.5. The predicted octanol–water partition coefficient (Wildman–Crippen LogP) is 14.1. The first-order chi connectivity index (χ1) is 28.7. The van der Waals surface area contributed by atoms with Gasteiger partial charge in [-0.05, 0) is 102 Å². The van der Waals surface area contributed by atoms with Crippen molar-refractivity contribution in [1.82, 2.24) is 0 Å². The van der Waals surface area contributed by atoms with E-state index < -0.39 is 0 Å². The van der Waals surface area contributed by atoms with Crippen LogP contribution in [0.25, 0.3) is 66.1 Å². The Morgan fingerprint density at radius 1 is 0.294 bits per heavy atom. The Morgan fingerprint density at radius 2 is 0.824 bits per heavy atom. The maximum atomic E-state index is 9.51. The Bertz CT molecular complexity index is 3010. The van der Waals surface area contributed by atoms with Gasteiger partial charge in [0.15, 0.2) is 0 Å². The highest BCUT2D eigenvalue weighted by atomic mass is 15.1. The van der Waals surface area contributed by atoms with E-state index in [1.807, 2.05) is 84.9 Å². The van der Waals surface area contributed by atoms with Gasteiger partial charge < -0.3 is 4.90 Å². The Hall–Kier alpha value is -6.70. The van der Waals surface area contributed by atoms with Crippen LogP contribution in [-0.4, -0.2) is 0 Å². The Balaban J connectivity index is 1.29. The zero-order valence-electron chi connectivity index (χ0n) is 35.5. The minimum absolute atomic E-state index is 0.121. The molecule has 0 heterocycles. The van der Waals surface area contributed by atoms with Crippen molar-refractivity contribution in [3.63, 3.8) is 0 Å². The van der Waals surface area contributed by atoms with Gasteiger partial charge in [0, 0.05) is 17.1 Å². The maximum Gasteiger partial charge on any atom is 0.0645 e. The lowest BCUT2D eigenvalue weighted by molar-refractivity contribution is 1.28. The molecule has 0 saturated carbocycles. The molecule has 0 radical (unpaired) electrons. The van der Waals surface area contributed by atoms with Gasteiger partial charge in [-0.15, -0.1) is 0 Å². The number of benzene rings is 9. The number of rotatable bonds is 7. The minimum atomic E-state index is -0.386. The van der Waals surface area contributed by atoms with Crippen LogP contribution in [0.1, 0.15) is 11.0 Å². The predicted molar refractivity (Wildman–Crippen MR) is 218 cm³/mol. The number of fused-ring (bicyclic) bond motifs is 2. The summed E-state index contributed by atoms with van der Waals surface area (Å²) in [4.78, 5) is 1.35. The summed E-state index contributed by atoms with van der Waals surface area (Å²) in [6.45, 7) is 0. The van der Waals surface area contributed by atoms with Crippen molar-refractivity contribution in [3.05, 3.63) is 212 Å². The molecule has 0 fully saturated rings. The van der Waals surface area contributed by atoms with Crippen molar-refractivity contribution in [2.24, 2.45) is 0 Å². The molecule has 0 aliphatic carbocycles. The van der Waals surface area contributed by atoms with Crippen LogP contribution in [0.2, 0.25) is 0 Å². The molecule has 0 saturated heterocycles. The summed E-state index contributed by atoms with van der Waals surface area (Å²) < 4.78 is 74.9. The van der Waals surface area contributed by atoms with Crippen LogP contribution < -0.4 is 4.90 Å². The average molecular weight is 658 g/mol. The molecule has 1 nitrogen and oxygen atoms in total. The molecule has 1 heteroatoms. The normalized spacial score (nSPS) is 13.3. The van der Waals surface area contributed by atoms with Gasteiger partial charge in [0.1, 0.15) is 0 Å². The largest absolute Gasteiger partial charge is 0.311 e. The molecule has 9 aromatic rings. The van der Waals surface area contributed by atoms with Crippen molar-refractivity contribution >= 4 is 38.6 Å². The second kappa shape index (κ2) is 13.3. The van der Waals surface area contributed by atoms with E-state index >= 15 is 0 Å². The fourth-order valence-corrected chi connectivity index (χ4v) is 6.75. The van der Waals surface area contributed by atoms with E-state index in [4.69, 9.17) is 0 Å². The van der Waals surface area contributed by atoms with Crippen molar-refractivity contribution in [2.75, 3.05) is 4.90 Å². The summed E-state index contributed by atoms with van der Waals surface area (Å²) in [5.41, 5.74) is 5.18. The van der Waals surface area contributed by atoms with E-state index in [9.17, 15) is 11.0 Å². The fraction of sp³-hybridized carbons (Fsp3) is 0. The summed E-state index contributed by atoms with van der Waals surface area (Å²) in [7, 11) is 0. The second-order valence-electron chi connectivity index (χ2n) is 12.3. The van der Waals surface area contributed by atoms with Gasteiger partial charge in [0.05, 0.1) is 11.0 Å². The molecule has 0 amide bonds. The lowest BCUT2D eigenvalue weighted by Crippen LogP contribution is -2.09. The van der Waals surface area contributed by atoms with Gasteiger partial charge in [0.25, 0.3) is 0 Å². The highest BCUT2D eigenvalue weighted by Gasteiger charge is 2.16. The molecule has 9 rings (SSSR count). The number of hydrogen-bond donors (Lipinski definition) is 0. The molecule has 240 valence electrons. The lowest BCUT2D eigenvalue weighted by atomic mass is 9.90. The average Bonchev–Trinajstić information content (AvgIpc) is 3.28. The van der Waals surface area contributed by atoms with Crippen molar-refractivity contribution in [3.8, 4) is 44.5 Å². The van der Waals surface area contributed by atoms with E-state index in [2.05, 4.69) is 36.4 Å². The monoisotopic (exact) mass is 657 g/mol. The van der Waals surface area contributed by atoms with Crippen LogP contribution in [0.15, 0.2) is 212 Å². The highest BCUT2D eigenvalue weighted by Crippen LogP contribution is 2.41. The van der Waals surface area contributed by atoms with Gasteiger partial charge in [-0.2, -0.15) is 0 Å². The molecule has 0 aliphatic rings. The van der Waals surface area contributed by atoms with Crippen molar-refractivity contribution < 1.29 is 11.0 Å². The highest BCUT2D eigenvalue weighted by molar-refractivity contribution is 6.04. The van der Waals surface area contributed by atoms with Crippen molar-refractivity contribution in [2.45, 2.75) is 0 Å². The van der Waals surface area contributed by atoms with Crippen LogP contribution in [0.5, 0.6) is 0 Å². The van der Waals surface area contributed by atoms with E-state index in [0.29, 0.717) is 16.8 Å². The number of anilines is 3. The van der Waals surface area contributed by atoms with E-state index in [1.54, 1.807) is 42.5 Å². The lowest BCUT2D eigenvalue weighted by Gasteiger charge is -2.26. The second-order valence-corrected chi connectivity index (χ2v) is 12.3. The van der Waals surface area contributed by atoms with E-state index in [-0.39, 0.29) is 70.8 Å². The first kappa shape index (κ1) is 22.8. The zero-order chi connectivity index (χ0) is 40.9. The third-order valence-electron chi connectivity index (χ3n) is 9.22. The molecule has 0 aliphatic heterocycles. The molecule has 51 heavy (non-hydrogen) atoms. The van der Waals surface area contributed by atoms with Crippen LogP contribution in [0.3, 0.4) is 0 Å². The van der Waals surface area contributed by atoms with E-state index in [0.717, 1.165) is 43.8 Å². The third-order valence-corrected chi connectivity index (χ3v) is 9.22. The SMILES string of the molecule is [2H]c1c([2H])c(N(c2ccc(-c3ccc4ccccc4c3-c3ccccc3)cc2)c2c([2H])c([2H])c(-c3cccc4ccccc34)c([2H])c2[2H])c([2H])c([2H])c1-c1ccccc1. The van der Waals surface area contributed by atoms with Crippen LogP contribution in [-0.2, 0) is 0 Å². The smallest absolute Gasteiger partial charge is 0.0645 e. The quantitative estimate of drug-likeness (QED) is 0.165. The minimum Gasteiger partial charge on any atom is -0.311 e. The van der Waals surface area contributed by atoms with Crippen LogP contribution >= 0.6 is 0 Å². The summed E-state index contributed by atoms with van der Waals surface area (Å²) >= 11 is 0. The third kappa shape index (κ3) is 5.86. The Morgan fingerprint density at radius 3 is 1.49 bits per heavy atom. The number of nitrogens with zero attached hydrogens (tertiary/aromatic N) is 1. The topological polar surface area (TPSA) is 3.24 Å². The molecule has 0 atom stereocenters. The summed E-state index contributed by atoms with van der Waals surface area (Å²) in [5, 5.41) is 3.83. The van der Waals surface area contributed by atoms with Gasteiger partial charge in [-0.3, -0.25) is 0 Å². The molecule has 0 unspecified atom stereocenters. The molecule has 0 spiro atoms. The molecular weight excluding hydrogens is 615 g/mol. The number of hydrogen-bond acceptors (Lipinski definition) is 1. The van der Waals surface area contributed by atoms with Gasteiger partial charge >= 0.3 is 0 Å². The summed E-state index contributed by atoms with van der Waals surface area (Å²) in [6, 6.07) is 49.0. The Labute approximate surface area is 310 Å². The van der Waals surface area contributed by atoms with Crippen LogP contribution in [0.4, 0.5) is 17.1 Å². The maximum absolute atomic E-state index is 9.51. The molecule has 0 N–H and O–H groups in total. The first-order valence-corrected chi connectivity index (χ1v) is 16.9. The summed E-state index contributed by atoms with van der Waals surface area (Å²) in [5.74, 6) is 0. The van der Waals surface area contributed by atoms with Gasteiger partial charge in [-0.1, -0.05) is 176 Å². The first-order valence-electron chi connectivity index (χ1n) is 20.9. The van der Waals surface area contributed by atoms with E-state index in [1.165, 1.54) is 4.90 Å². The molecule has 0 aromatic heterocycles. The van der Waals surface area contributed by atoms with Crippen molar-refractivity contribution in [1.29, 1.82) is 0 Å². The standard InChI is InChI=1S/C50H35N/c1-3-12-36(13-4-1)37-22-29-43(30-23-37)51(44-31-24-40(25-32-44)47-21-11-18-38-14-7-9-19-46(38)47)45-33-26-41(27-34-45)49-35-28-39-15-8-10-20-48(39)50(49)42-16-5-2-6-17-42/h1-35H/i22D,23D,24D,25D,29D,30D,31D,32D. The van der Waals surface area contributed by atoms with Gasteiger partial charge in [0.2, 0.25) is 0 Å². The summed E-state index contributed by atoms with van der Waals surface area (Å²) in [6.07, 6.45) is 0. The Kier molecular flexibility index (Phi) is 5.96. The molecule has 0 bridgehead atoms. The molecular formula is C50H35N. The van der Waals surface area contributed by atoms with Gasteiger partial charge in [-0.25, -0.2) is 0 Å². The van der Waals surface area contributed by atoms with Crippen LogP contribution in [0, 0.1) is 0 Å². The fourth-order valence-electron chi connectivity index (χ4n) is 6.75. The molecule has 9 aromatic carbocycles.